The molecule has 0 saturated heterocycles. The number of esters is 1. The SMILES string of the molecule is CC/C=C\C/C=C\C/C=C\C/C=C\C/C=C\CCCCCCCCCCCC(=O)OC(COCCCCCCCCCCCC)COP(=O)([O-])OCC[N+](C)(C)C. The molecular weight excluding hydrogens is 734 g/mol. The van der Waals surface area contributed by atoms with Crippen molar-refractivity contribution in [3.8, 4) is 0 Å². The molecule has 0 aliphatic carbocycles. The van der Waals surface area contributed by atoms with E-state index in [1.807, 2.05) is 21.1 Å². The highest BCUT2D eigenvalue weighted by Crippen LogP contribution is 2.38. The minimum Gasteiger partial charge on any atom is -0.756 e. The van der Waals surface area contributed by atoms with Crippen molar-refractivity contribution in [1.82, 2.24) is 0 Å². The monoisotopic (exact) mass is 822 g/mol. The fraction of sp³-hybridized carbons (Fsp3) is 0.771. The van der Waals surface area contributed by atoms with Crippen molar-refractivity contribution < 1.29 is 37.3 Å². The van der Waals surface area contributed by atoms with Crippen LogP contribution in [0.25, 0.3) is 0 Å². The van der Waals surface area contributed by atoms with E-state index < -0.39 is 13.9 Å². The average Bonchev–Trinajstić information content (AvgIpc) is 3.16. The lowest BCUT2D eigenvalue weighted by Gasteiger charge is -2.28. The number of ether oxygens (including phenoxy) is 2. The Morgan fingerprint density at radius 2 is 1.02 bits per heavy atom. The first-order chi connectivity index (χ1) is 27.6. The highest BCUT2D eigenvalue weighted by Gasteiger charge is 2.20. The van der Waals surface area contributed by atoms with E-state index in [1.165, 1.54) is 89.9 Å². The van der Waals surface area contributed by atoms with Crippen LogP contribution in [0.2, 0.25) is 0 Å². The molecule has 0 N–H and O–H groups in total. The second kappa shape index (κ2) is 41.0. The number of nitrogens with zero attached hydrogens (tertiary/aromatic N) is 1. The van der Waals surface area contributed by atoms with Gasteiger partial charge in [-0.25, -0.2) is 0 Å². The Bertz CT molecular complexity index is 1090. The van der Waals surface area contributed by atoms with Gasteiger partial charge in [0.05, 0.1) is 34.4 Å². The average molecular weight is 822 g/mol. The van der Waals surface area contributed by atoms with E-state index in [9.17, 15) is 14.3 Å². The van der Waals surface area contributed by atoms with Crippen molar-refractivity contribution in [2.45, 2.75) is 187 Å². The van der Waals surface area contributed by atoms with E-state index in [4.69, 9.17) is 18.5 Å². The Labute approximate surface area is 351 Å². The third kappa shape index (κ3) is 45.1. The molecule has 332 valence electrons. The van der Waals surface area contributed by atoms with Crippen LogP contribution in [-0.2, 0) is 27.9 Å². The zero-order valence-electron chi connectivity index (χ0n) is 37.5. The summed E-state index contributed by atoms with van der Waals surface area (Å²) in [6.07, 6.45) is 50.9. The summed E-state index contributed by atoms with van der Waals surface area (Å²) in [4.78, 5) is 25.0. The lowest BCUT2D eigenvalue weighted by Crippen LogP contribution is -2.37. The Balaban J connectivity index is 4.12. The van der Waals surface area contributed by atoms with Crippen molar-refractivity contribution >= 4 is 13.8 Å². The molecule has 0 aromatic carbocycles. The summed E-state index contributed by atoms with van der Waals surface area (Å²) < 4.78 is 34.5. The van der Waals surface area contributed by atoms with Crippen molar-refractivity contribution in [3.63, 3.8) is 0 Å². The lowest BCUT2D eigenvalue weighted by molar-refractivity contribution is -0.870. The second-order valence-corrected chi connectivity index (χ2v) is 17.8. The molecule has 0 saturated carbocycles. The fourth-order valence-corrected chi connectivity index (χ4v) is 6.77. The largest absolute Gasteiger partial charge is 0.756 e. The third-order valence-corrected chi connectivity index (χ3v) is 10.5. The zero-order valence-corrected chi connectivity index (χ0v) is 38.4. The molecule has 0 heterocycles. The van der Waals surface area contributed by atoms with Crippen LogP contribution in [0.15, 0.2) is 60.8 Å². The first kappa shape index (κ1) is 55.2. The van der Waals surface area contributed by atoms with Gasteiger partial charge in [-0.3, -0.25) is 9.36 Å². The van der Waals surface area contributed by atoms with Crippen LogP contribution in [0.5, 0.6) is 0 Å². The number of quaternary nitrogens is 1. The van der Waals surface area contributed by atoms with Crippen molar-refractivity contribution in [2.75, 3.05) is 54.1 Å². The molecule has 0 aliphatic rings. The topological polar surface area (TPSA) is 94.1 Å². The van der Waals surface area contributed by atoms with Gasteiger partial charge in [0, 0.05) is 13.0 Å². The zero-order chi connectivity index (χ0) is 42.0. The van der Waals surface area contributed by atoms with Gasteiger partial charge in [-0.05, 0) is 57.8 Å². The predicted molar refractivity (Wildman–Crippen MR) is 240 cm³/mol. The molecule has 0 radical (unpaired) electrons. The van der Waals surface area contributed by atoms with Crippen LogP contribution in [0.3, 0.4) is 0 Å². The number of likely N-dealkylation sites (N-methyl/N-ethyl adjacent to an activating group) is 1. The molecule has 0 bridgehead atoms. The van der Waals surface area contributed by atoms with Gasteiger partial charge in [0.2, 0.25) is 0 Å². The van der Waals surface area contributed by atoms with Crippen LogP contribution in [0.4, 0.5) is 0 Å². The number of phosphoric ester groups is 1. The molecular formula is C48H88NO7P. The summed E-state index contributed by atoms with van der Waals surface area (Å²) in [5.41, 5.74) is 0. The van der Waals surface area contributed by atoms with Gasteiger partial charge in [0.1, 0.15) is 19.3 Å². The molecule has 57 heavy (non-hydrogen) atoms. The van der Waals surface area contributed by atoms with Crippen molar-refractivity contribution in [3.05, 3.63) is 60.8 Å². The molecule has 9 heteroatoms. The van der Waals surface area contributed by atoms with Gasteiger partial charge in [0.15, 0.2) is 0 Å². The van der Waals surface area contributed by atoms with Crippen LogP contribution in [0.1, 0.15) is 181 Å². The summed E-state index contributed by atoms with van der Waals surface area (Å²) in [5, 5.41) is 0. The van der Waals surface area contributed by atoms with Gasteiger partial charge in [0.25, 0.3) is 7.82 Å². The van der Waals surface area contributed by atoms with Crippen molar-refractivity contribution in [1.29, 1.82) is 0 Å². The molecule has 0 fully saturated rings. The molecule has 8 nitrogen and oxygen atoms in total. The Kier molecular flexibility index (Phi) is 39.7. The maximum Gasteiger partial charge on any atom is 0.306 e. The van der Waals surface area contributed by atoms with E-state index in [-0.39, 0.29) is 25.8 Å². The Hall–Kier alpha value is -1.80. The van der Waals surface area contributed by atoms with Gasteiger partial charge in [-0.2, -0.15) is 0 Å². The molecule has 0 rings (SSSR count). The van der Waals surface area contributed by atoms with Gasteiger partial charge >= 0.3 is 5.97 Å². The number of rotatable bonds is 42. The summed E-state index contributed by atoms with van der Waals surface area (Å²) >= 11 is 0. The van der Waals surface area contributed by atoms with Gasteiger partial charge in [-0.1, -0.05) is 177 Å². The normalized spacial score (nSPS) is 14.3. The second-order valence-electron chi connectivity index (χ2n) is 16.4. The number of hydrogen-bond acceptors (Lipinski definition) is 7. The third-order valence-electron chi connectivity index (χ3n) is 9.58. The number of phosphoric acid groups is 1. The van der Waals surface area contributed by atoms with Gasteiger partial charge in [-0.15, -0.1) is 0 Å². The summed E-state index contributed by atoms with van der Waals surface area (Å²) in [7, 11) is 1.35. The maximum absolute atomic E-state index is 12.7. The first-order valence-electron chi connectivity index (χ1n) is 23.0. The molecule has 0 amide bonds. The molecule has 2 unspecified atom stereocenters. The highest BCUT2D eigenvalue weighted by molar-refractivity contribution is 7.45. The first-order valence-corrected chi connectivity index (χ1v) is 24.5. The molecule has 0 aromatic rings. The Morgan fingerprint density at radius 1 is 0.561 bits per heavy atom. The smallest absolute Gasteiger partial charge is 0.306 e. The maximum atomic E-state index is 12.7. The van der Waals surface area contributed by atoms with E-state index >= 15 is 0 Å². The van der Waals surface area contributed by atoms with Crippen molar-refractivity contribution in [2.24, 2.45) is 0 Å². The van der Waals surface area contributed by atoms with Gasteiger partial charge < -0.3 is 27.9 Å². The molecule has 0 spiro atoms. The summed E-state index contributed by atoms with van der Waals surface area (Å²) in [6, 6.07) is 0. The number of carbonyl (C=O) groups excluding carboxylic acids is 1. The number of unbranched alkanes of at least 4 members (excludes halogenated alkanes) is 18. The van der Waals surface area contributed by atoms with Crippen LogP contribution < -0.4 is 4.89 Å². The number of hydrogen-bond donors (Lipinski definition) is 0. The van der Waals surface area contributed by atoms with Crippen LogP contribution in [-0.4, -0.2) is 70.7 Å². The van der Waals surface area contributed by atoms with E-state index in [1.54, 1.807) is 0 Å². The quantitative estimate of drug-likeness (QED) is 0.0199. The standard InChI is InChI=1S/C48H88NO7P/c1-6-8-10-12-14-16-18-19-20-21-22-23-24-25-26-27-28-29-30-31-32-33-35-37-39-41-48(50)56-47(46-55-57(51,52)54-44-42-49(3,4)5)45-53-43-40-38-36-34-17-15-13-11-9-7-2/h8,10,14,16,19-20,22-23,25-26,47H,6-7,9,11-13,15,17-18,21,24,27-46H2,1-5H3/b10-8-,16-14-,20-19-,23-22-,26-25-. The van der Waals surface area contributed by atoms with E-state index in [0.29, 0.717) is 24.1 Å². The van der Waals surface area contributed by atoms with E-state index in [2.05, 4.69) is 74.6 Å². The molecule has 0 aliphatic heterocycles. The van der Waals surface area contributed by atoms with Crippen LogP contribution in [0, 0.1) is 0 Å². The Morgan fingerprint density at radius 3 is 1.53 bits per heavy atom. The fourth-order valence-electron chi connectivity index (χ4n) is 6.04. The summed E-state index contributed by atoms with van der Waals surface area (Å²) in [6.45, 7) is 5.28. The van der Waals surface area contributed by atoms with E-state index in [0.717, 1.165) is 70.6 Å². The summed E-state index contributed by atoms with van der Waals surface area (Å²) in [5.74, 6) is -0.342. The lowest BCUT2D eigenvalue weighted by atomic mass is 10.1. The van der Waals surface area contributed by atoms with Crippen LogP contribution >= 0.6 is 7.82 Å². The number of allylic oxidation sites excluding steroid dienone is 10. The highest BCUT2D eigenvalue weighted by atomic mass is 31.2. The number of carbonyl (C=O) groups is 1. The minimum atomic E-state index is -4.52. The molecule has 2 atom stereocenters. The minimum absolute atomic E-state index is 0.0236. The molecule has 0 aromatic heterocycles. The predicted octanol–water partition coefficient (Wildman–Crippen LogP) is 13.1.